The van der Waals surface area contributed by atoms with Gasteiger partial charge in [-0.1, -0.05) is 17.7 Å². The van der Waals surface area contributed by atoms with Crippen molar-refractivity contribution in [2.45, 2.75) is 25.2 Å². The van der Waals surface area contributed by atoms with Crippen molar-refractivity contribution in [3.05, 3.63) is 29.8 Å². The molecule has 1 saturated heterocycles. The molecule has 0 saturated carbocycles. The number of carboxylic acid groups (broad SMARTS) is 1. The van der Waals surface area contributed by atoms with Crippen LogP contribution in [0.25, 0.3) is 0 Å². The molecule has 1 amide bonds. The lowest BCUT2D eigenvalue weighted by Crippen LogP contribution is -2.40. The highest BCUT2D eigenvalue weighted by atomic mass is 32.2. The van der Waals surface area contributed by atoms with E-state index in [4.69, 9.17) is 5.11 Å². The number of hydrogen-bond donors (Lipinski definition) is 1. The Morgan fingerprint density at radius 2 is 1.85 bits per heavy atom. The van der Waals surface area contributed by atoms with Gasteiger partial charge in [-0.15, -0.1) is 0 Å². The lowest BCUT2D eigenvalue weighted by atomic mass is 9.89. The van der Waals surface area contributed by atoms with E-state index in [1.54, 1.807) is 12.1 Å². The van der Waals surface area contributed by atoms with Crippen LogP contribution in [0.2, 0.25) is 0 Å². The van der Waals surface area contributed by atoms with Crippen LogP contribution in [0.4, 0.5) is 0 Å². The SMILES string of the molecule is Cc1ccc(S(=O)(=O)N2CCC(C)(C(=O)O)C2=O)cc1. The number of aryl methyl sites for hydroxylation is 1. The van der Waals surface area contributed by atoms with Crippen molar-refractivity contribution in [2.75, 3.05) is 6.54 Å². The molecular weight excluding hydrogens is 282 g/mol. The summed E-state index contributed by atoms with van der Waals surface area (Å²) in [6.07, 6.45) is -0.0216. The second-order valence-corrected chi connectivity index (χ2v) is 6.94. The van der Waals surface area contributed by atoms with Crippen LogP contribution in [0, 0.1) is 12.3 Å². The summed E-state index contributed by atoms with van der Waals surface area (Å²) in [5.74, 6) is -2.19. The molecule has 108 valence electrons. The summed E-state index contributed by atoms with van der Waals surface area (Å²) in [6, 6.07) is 6.08. The zero-order chi connectivity index (χ0) is 15.1. The molecule has 7 heteroatoms. The van der Waals surface area contributed by atoms with Gasteiger partial charge in [0.2, 0.25) is 0 Å². The summed E-state index contributed by atoms with van der Waals surface area (Å²) in [5, 5.41) is 9.09. The highest BCUT2D eigenvalue weighted by Gasteiger charge is 2.52. The van der Waals surface area contributed by atoms with Crippen molar-refractivity contribution >= 4 is 21.9 Å². The number of amides is 1. The summed E-state index contributed by atoms with van der Waals surface area (Å²) < 4.78 is 25.4. The van der Waals surface area contributed by atoms with Crippen molar-refractivity contribution < 1.29 is 23.1 Å². The first-order chi connectivity index (χ1) is 9.19. The zero-order valence-electron chi connectivity index (χ0n) is 11.2. The van der Waals surface area contributed by atoms with Gasteiger partial charge in [0.25, 0.3) is 15.9 Å². The van der Waals surface area contributed by atoms with Crippen molar-refractivity contribution in [1.29, 1.82) is 0 Å². The standard InChI is InChI=1S/C13H15NO5S/c1-9-3-5-10(6-4-9)20(18,19)14-8-7-13(2,11(14)15)12(16)17/h3-6H,7-8H2,1-2H3,(H,16,17). The smallest absolute Gasteiger partial charge is 0.319 e. The fourth-order valence-electron chi connectivity index (χ4n) is 2.07. The van der Waals surface area contributed by atoms with Crippen molar-refractivity contribution in [3.63, 3.8) is 0 Å². The summed E-state index contributed by atoms with van der Waals surface area (Å²) in [4.78, 5) is 23.3. The van der Waals surface area contributed by atoms with E-state index in [1.165, 1.54) is 19.1 Å². The van der Waals surface area contributed by atoms with Gasteiger partial charge in [-0.2, -0.15) is 0 Å². The minimum atomic E-state index is -3.99. The second kappa shape index (κ2) is 4.59. The summed E-state index contributed by atoms with van der Waals surface area (Å²) in [6.45, 7) is 2.96. The fourth-order valence-corrected chi connectivity index (χ4v) is 3.56. The first kappa shape index (κ1) is 14.5. The number of benzene rings is 1. The molecule has 1 aliphatic rings. The third kappa shape index (κ3) is 2.07. The number of hydrogen-bond acceptors (Lipinski definition) is 4. The summed E-state index contributed by atoms with van der Waals surface area (Å²) in [5.41, 5.74) is -0.773. The van der Waals surface area contributed by atoms with Gasteiger partial charge >= 0.3 is 5.97 Å². The molecule has 0 radical (unpaired) electrons. The van der Waals surface area contributed by atoms with Crippen molar-refractivity contribution in [2.24, 2.45) is 5.41 Å². The van der Waals surface area contributed by atoms with E-state index in [1.807, 2.05) is 6.92 Å². The molecule has 1 unspecified atom stereocenters. The highest BCUT2D eigenvalue weighted by Crippen LogP contribution is 2.35. The minimum absolute atomic E-state index is 0.00825. The van der Waals surface area contributed by atoms with Gasteiger partial charge in [0.05, 0.1) is 4.90 Å². The average Bonchev–Trinajstić information content (AvgIpc) is 2.68. The van der Waals surface area contributed by atoms with Crippen molar-refractivity contribution in [1.82, 2.24) is 4.31 Å². The van der Waals surface area contributed by atoms with E-state index in [2.05, 4.69) is 0 Å². The van der Waals surface area contributed by atoms with Gasteiger partial charge in [-0.05, 0) is 32.4 Å². The van der Waals surface area contributed by atoms with Gasteiger partial charge in [0.1, 0.15) is 5.41 Å². The Labute approximate surface area is 117 Å². The lowest BCUT2D eigenvalue weighted by Gasteiger charge is -2.19. The topological polar surface area (TPSA) is 91.8 Å². The number of aliphatic carboxylic acids is 1. The Morgan fingerprint density at radius 3 is 2.30 bits per heavy atom. The van der Waals surface area contributed by atoms with Crippen LogP contribution >= 0.6 is 0 Å². The van der Waals surface area contributed by atoms with Gasteiger partial charge < -0.3 is 5.11 Å². The minimum Gasteiger partial charge on any atom is -0.480 e. The van der Waals surface area contributed by atoms with E-state index >= 15 is 0 Å². The number of rotatable bonds is 3. The molecule has 0 aliphatic carbocycles. The van der Waals surface area contributed by atoms with Crippen LogP contribution < -0.4 is 0 Å². The van der Waals surface area contributed by atoms with E-state index in [0.717, 1.165) is 5.56 Å². The van der Waals surface area contributed by atoms with Crippen LogP contribution in [0.15, 0.2) is 29.2 Å². The normalized spacial score (nSPS) is 23.1. The maximum Gasteiger partial charge on any atom is 0.319 e. The Morgan fingerprint density at radius 1 is 1.30 bits per heavy atom. The maximum atomic E-state index is 12.4. The van der Waals surface area contributed by atoms with Gasteiger partial charge in [0.15, 0.2) is 0 Å². The van der Waals surface area contributed by atoms with Gasteiger partial charge in [-0.3, -0.25) is 9.59 Å². The van der Waals surface area contributed by atoms with Crippen molar-refractivity contribution in [3.8, 4) is 0 Å². The number of carbonyl (C=O) groups is 2. The molecular formula is C13H15NO5S. The third-order valence-corrected chi connectivity index (χ3v) is 5.39. The molecule has 1 aromatic rings. The number of sulfonamides is 1. The second-order valence-electron chi connectivity index (χ2n) is 5.08. The molecule has 1 N–H and O–H groups in total. The first-order valence-electron chi connectivity index (χ1n) is 6.07. The average molecular weight is 297 g/mol. The zero-order valence-corrected chi connectivity index (χ0v) is 12.0. The van der Waals surface area contributed by atoms with Crippen LogP contribution in [0.5, 0.6) is 0 Å². The van der Waals surface area contributed by atoms with Crippen LogP contribution in [-0.4, -0.2) is 36.3 Å². The van der Waals surface area contributed by atoms with Crippen LogP contribution in [0.3, 0.4) is 0 Å². The molecule has 0 spiro atoms. The molecule has 1 aliphatic heterocycles. The third-order valence-electron chi connectivity index (χ3n) is 3.59. The fraction of sp³-hybridized carbons (Fsp3) is 0.385. The molecule has 0 bridgehead atoms. The Bertz CT molecular complexity index is 665. The van der Waals surface area contributed by atoms with Gasteiger partial charge in [-0.25, -0.2) is 12.7 Å². The predicted molar refractivity (Wildman–Crippen MR) is 70.4 cm³/mol. The quantitative estimate of drug-likeness (QED) is 0.841. The molecule has 1 aromatic carbocycles. The van der Waals surface area contributed by atoms with Crippen LogP contribution in [-0.2, 0) is 19.6 Å². The number of nitrogens with zero attached hydrogens (tertiary/aromatic N) is 1. The molecule has 6 nitrogen and oxygen atoms in total. The van der Waals surface area contributed by atoms with Gasteiger partial charge in [0, 0.05) is 6.54 Å². The molecule has 1 fully saturated rings. The maximum absolute atomic E-state index is 12.4. The molecule has 1 atom stereocenters. The number of carbonyl (C=O) groups excluding carboxylic acids is 1. The monoisotopic (exact) mass is 297 g/mol. The predicted octanol–water partition coefficient (Wildman–Crippen LogP) is 1.01. The van der Waals surface area contributed by atoms with E-state index in [9.17, 15) is 18.0 Å². The molecule has 1 heterocycles. The number of carboxylic acids is 1. The Balaban J connectivity index is 2.40. The largest absolute Gasteiger partial charge is 0.480 e. The molecule has 20 heavy (non-hydrogen) atoms. The Kier molecular flexibility index (Phi) is 3.33. The van der Waals surface area contributed by atoms with E-state index in [0.29, 0.717) is 4.31 Å². The Hall–Kier alpha value is -1.89. The van der Waals surface area contributed by atoms with Crippen LogP contribution in [0.1, 0.15) is 18.9 Å². The van der Waals surface area contributed by atoms with E-state index < -0.39 is 27.3 Å². The lowest BCUT2D eigenvalue weighted by molar-refractivity contribution is -0.153. The molecule has 0 aromatic heterocycles. The highest BCUT2D eigenvalue weighted by molar-refractivity contribution is 7.89. The summed E-state index contributed by atoms with van der Waals surface area (Å²) >= 11 is 0. The first-order valence-corrected chi connectivity index (χ1v) is 7.51. The molecule has 2 rings (SSSR count). The summed E-state index contributed by atoms with van der Waals surface area (Å²) in [7, 11) is -3.99. The van der Waals surface area contributed by atoms with E-state index in [-0.39, 0.29) is 17.9 Å².